The van der Waals surface area contributed by atoms with Crippen molar-refractivity contribution >= 4 is 17.9 Å². The number of nitrogen functional groups attached to an aromatic ring is 1. The van der Waals surface area contributed by atoms with Gasteiger partial charge >= 0.3 is 5.97 Å². The molecule has 29 heavy (non-hydrogen) atoms. The Kier molecular flexibility index (Phi) is 5.87. The van der Waals surface area contributed by atoms with Crippen molar-refractivity contribution in [1.82, 2.24) is 4.57 Å². The van der Waals surface area contributed by atoms with Gasteiger partial charge in [0.15, 0.2) is 6.29 Å². The Hall–Kier alpha value is -2.56. The molecule has 0 spiro atoms. The van der Waals surface area contributed by atoms with Crippen LogP contribution in [0.3, 0.4) is 0 Å². The fourth-order valence-electron chi connectivity index (χ4n) is 4.62. The molecule has 1 unspecified atom stereocenters. The summed E-state index contributed by atoms with van der Waals surface area (Å²) in [5.41, 5.74) is 10.1. The first kappa shape index (κ1) is 21.2. The molecule has 1 atom stereocenters. The Morgan fingerprint density at radius 1 is 1.28 bits per heavy atom. The van der Waals surface area contributed by atoms with Gasteiger partial charge in [-0.25, -0.2) is 0 Å². The number of ether oxygens (including phenoxy) is 1. The minimum absolute atomic E-state index is 0.176. The molecule has 3 rings (SSSR count). The van der Waals surface area contributed by atoms with Crippen molar-refractivity contribution < 1.29 is 14.3 Å². The van der Waals surface area contributed by atoms with Gasteiger partial charge in [0.2, 0.25) is 0 Å². The van der Waals surface area contributed by atoms with Gasteiger partial charge in [-0.15, -0.1) is 0 Å². The van der Waals surface area contributed by atoms with E-state index in [-0.39, 0.29) is 11.4 Å². The molecular weight excluding hydrogens is 364 g/mol. The molecule has 0 amide bonds. The molecule has 0 radical (unpaired) electrons. The number of carbonyl (C=O) groups excluding carboxylic acids is 2. The van der Waals surface area contributed by atoms with Crippen LogP contribution >= 0.6 is 0 Å². The zero-order chi connectivity index (χ0) is 21.2. The fourth-order valence-corrected chi connectivity index (χ4v) is 4.62. The number of carbonyl (C=O) groups is 2. The van der Waals surface area contributed by atoms with E-state index in [4.69, 9.17) is 10.5 Å². The van der Waals surface area contributed by atoms with Gasteiger partial charge in [-0.05, 0) is 58.6 Å². The number of fused-ring (bicyclic) bond motifs is 1. The number of aromatic nitrogens is 1. The molecule has 5 nitrogen and oxygen atoms in total. The van der Waals surface area contributed by atoms with Crippen molar-refractivity contribution in [1.29, 1.82) is 0 Å². The number of aldehydes is 1. The molecule has 0 fully saturated rings. The molecule has 2 heterocycles. The van der Waals surface area contributed by atoms with E-state index in [1.165, 1.54) is 0 Å². The van der Waals surface area contributed by atoms with Crippen LogP contribution in [0.15, 0.2) is 30.3 Å². The highest BCUT2D eigenvalue weighted by Crippen LogP contribution is 2.47. The zero-order valence-electron chi connectivity index (χ0n) is 18.0. The molecule has 1 aliphatic rings. The lowest BCUT2D eigenvalue weighted by Gasteiger charge is -2.39. The van der Waals surface area contributed by atoms with Crippen molar-refractivity contribution in [2.24, 2.45) is 0 Å². The number of anilines is 1. The van der Waals surface area contributed by atoms with Crippen LogP contribution in [0.4, 0.5) is 5.69 Å². The summed E-state index contributed by atoms with van der Waals surface area (Å²) in [6, 6.07) is 9.72. The first-order chi connectivity index (χ1) is 13.7. The van der Waals surface area contributed by atoms with Crippen molar-refractivity contribution in [3.63, 3.8) is 0 Å². The number of rotatable bonds is 6. The number of hydrogen-bond donors (Lipinski definition) is 1. The summed E-state index contributed by atoms with van der Waals surface area (Å²) >= 11 is 0. The smallest absolute Gasteiger partial charge is 0.306 e. The molecule has 2 aromatic rings. The third-order valence-electron chi connectivity index (χ3n) is 5.94. The molecule has 1 aromatic heterocycles. The SMILES string of the molecule is CCC1(CCC(=O)OC(C)(C)C)CCCn2c(C=O)cc(-c3ccccc3N)c21. The van der Waals surface area contributed by atoms with Gasteiger partial charge < -0.3 is 15.0 Å². The largest absolute Gasteiger partial charge is 0.460 e. The van der Waals surface area contributed by atoms with Gasteiger partial charge in [0, 0.05) is 40.9 Å². The standard InChI is InChI=1S/C24H32N2O3/c1-5-24(13-11-21(28)29-23(2,3)4)12-8-14-26-17(16-27)15-19(22(24)26)18-9-6-7-10-20(18)25/h6-7,9-10,15-16H,5,8,11-14,25H2,1-4H3. The van der Waals surface area contributed by atoms with E-state index in [0.717, 1.165) is 48.9 Å². The average molecular weight is 397 g/mol. The Morgan fingerprint density at radius 2 is 2.00 bits per heavy atom. The van der Waals surface area contributed by atoms with Crippen molar-refractivity contribution in [3.05, 3.63) is 41.7 Å². The predicted molar refractivity (Wildman–Crippen MR) is 116 cm³/mol. The molecule has 5 heteroatoms. The second-order valence-corrected chi connectivity index (χ2v) is 9.01. The Balaban J connectivity index is 2.05. The minimum Gasteiger partial charge on any atom is -0.460 e. The summed E-state index contributed by atoms with van der Waals surface area (Å²) in [6.07, 6.45) is 4.82. The van der Waals surface area contributed by atoms with Crippen LogP contribution in [0.2, 0.25) is 0 Å². The lowest BCUT2D eigenvalue weighted by molar-refractivity contribution is -0.155. The minimum atomic E-state index is -0.489. The van der Waals surface area contributed by atoms with Crippen LogP contribution in [-0.4, -0.2) is 22.4 Å². The highest BCUT2D eigenvalue weighted by Gasteiger charge is 2.40. The predicted octanol–water partition coefficient (Wildman–Crippen LogP) is 5.11. The molecule has 1 aliphatic heterocycles. The summed E-state index contributed by atoms with van der Waals surface area (Å²) in [6.45, 7) is 8.64. The monoisotopic (exact) mass is 396 g/mol. The lowest BCUT2D eigenvalue weighted by Crippen LogP contribution is -2.35. The van der Waals surface area contributed by atoms with Gasteiger partial charge in [-0.2, -0.15) is 0 Å². The van der Waals surface area contributed by atoms with Crippen LogP contribution < -0.4 is 5.73 Å². The van der Waals surface area contributed by atoms with E-state index >= 15 is 0 Å². The highest BCUT2D eigenvalue weighted by atomic mass is 16.6. The second kappa shape index (κ2) is 8.05. The molecule has 0 aliphatic carbocycles. The van der Waals surface area contributed by atoms with Gasteiger partial charge in [0.25, 0.3) is 0 Å². The highest BCUT2D eigenvalue weighted by molar-refractivity contribution is 5.85. The first-order valence-electron chi connectivity index (χ1n) is 10.5. The summed E-state index contributed by atoms with van der Waals surface area (Å²) in [5.74, 6) is -0.176. The first-order valence-corrected chi connectivity index (χ1v) is 10.5. The number of benzene rings is 1. The van der Waals surface area contributed by atoms with E-state index in [9.17, 15) is 9.59 Å². The zero-order valence-corrected chi connectivity index (χ0v) is 18.0. The molecule has 1 aromatic carbocycles. The summed E-state index contributed by atoms with van der Waals surface area (Å²) in [5, 5.41) is 0. The maximum Gasteiger partial charge on any atom is 0.306 e. The molecule has 156 valence electrons. The Morgan fingerprint density at radius 3 is 2.62 bits per heavy atom. The van der Waals surface area contributed by atoms with E-state index < -0.39 is 5.60 Å². The van der Waals surface area contributed by atoms with Crippen LogP contribution in [-0.2, 0) is 21.5 Å². The maximum absolute atomic E-state index is 12.4. The topological polar surface area (TPSA) is 74.3 Å². The number of nitrogens with two attached hydrogens (primary N) is 1. The third kappa shape index (κ3) is 4.24. The van der Waals surface area contributed by atoms with Crippen molar-refractivity contribution in [3.8, 4) is 11.1 Å². The average Bonchev–Trinajstić information content (AvgIpc) is 3.05. The number of para-hydroxylation sites is 1. The molecule has 0 saturated heterocycles. The number of esters is 1. The second-order valence-electron chi connectivity index (χ2n) is 9.01. The van der Waals surface area contributed by atoms with Gasteiger partial charge in [-0.3, -0.25) is 9.59 Å². The van der Waals surface area contributed by atoms with E-state index in [2.05, 4.69) is 11.5 Å². The molecule has 0 bridgehead atoms. The van der Waals surface area contributed by atoms with Crippen LogP contribution in [0.5, 0.6) is 0 Å². The number of nitrogens with zero attached hydrogens (tertiary/aromatic N) is 1. The Bertz CT molecular complexity index is 907. The third-order valence-corrected chi connectivity index (χ3v) is 5.94. The lowest BCUT2D eigenvalue weighted by atomic mass is 9.70. The van der Waals surface area contributed by atoms with Gasteiger partial charge in [0.1, 0.15) is 5.60 Å². The van der Waals surface area contributed by atoms with Crippen molar-refractivity contribution in [2.75, 3.05) is 5.73 Å². The van der Waals surface area contributed by atoms with Gasteiger partial charge in [-0.1, -0.05) is 25.1 Å². The van der Waals surface area contributed by atoms with Crippen LogP contribution in [0, 0.1) is 0 Å². The van der Waals surface area contributed by atoms with Crippen LogP contribution in [0.25, 0.3) is 11.1 Å². The summed E-state index contributed by atoms with van der Waals surface area (Å²) < 4.78 is 7.68. The number of hydrogen-bond acceptors (Lipinski definition) is 4. The molecular formula is C24H32N2O3. The normalized spacial score (nSPS) is 18.9. The summed E-state index contributed by atoms with van der Waals surface area (Å²) in [4.78, 5) is 24.2. The van der Waals surface area contributed by atoms with E-state index in [0.29, 0.717) is 24.2 Å². The molecule has 2 N–H and O–H groups in total. The van der Waals surface area contributed by atoms with E-state index in [1.54, 1.807) is 0 Å². The quantitative estimate of drug-likeness (QED) is 0.418. The Labute approximate surface area is 173 Å². The van der Waals surface area contributed by atoms with Crippen molar-refractivity contribution in [2.45, 2.75) is 77.4 Å². The van der Waals surface area contributed by atoms with Crippen LogP contribution in [0.1, 0.15) is 76.0 Å². The summed E-state index contributed by atoms with van der Waals surface area (Å²) in [7, 11) is 0. The molecule has 0 saturated carbocycles. The van der Waals surface area contributed by atoms with E-state index in [1.807, 2.05) is 51.1 Å². The maximum atomic E-state index is 12.4. The van der Waals surface area contributed by atoms with Gasteiger partial charge in [0.05, 0.1) is 5.69 Å². The fraction of sp³-hybridized carbons (Fsp3) is 0.500.